The highest BCUT2D eigenvalue weighted by atomic mass is 19.2. The third-order valence-corrected chi connectivity index (χ3v) is 5.81. The molecule has 2 atom stereocenters. The second-order valence-corrected chi connectivity index (χ2v) is 7.75. The van der Waals surface area contributed by atoms with Crippen molar-refractivity contribution in [1.29, 1.82) is 0 Å². The number of pyridine rings is 1. The molecule has 0 spiro atoms. The molecule has 3 heterocycles. The van der Waals surface area contributed by atoms with Gasteiger partial charge in [-0.3, -0.25) is 9.59 Å². The highest BCUT2D eigenvalue weighted by Crippen LogP contribution is 2.37. The van der Waals surface area contributed by atoms with Crippen LogP contribution in [-0.4, -0.2) is 39.5 Å². The van der Waals surface area contributed by atoms with E-state index in [0.29, 0.717) is 0 Å². The maximum absolute atomic E-state index is 14.1. The quantitative estimate of drug-likeness (QED) is 0.399. The van der Waals surface area contributed by atoms with Gasteiger partial charge in [0.25, 0.3) is 11.5 Å². The number of ether oxygens (including phenoxy) is 1. The molecule has 0 unspecified atom stereocenters. The lowest BCUT2D eigenvalue weighted by Crippen LogP contribution is -2.39. The van der Waals surface area contributed by atoms with E-state index in [2.05, 4.69) is 9.97 Å². The van der Waals surface area contributed by atoms with Crippen LogP contribution in [0.3, 0.4) is 0 Å². The van der Waals surface area contributed by atoms with Crippen LogP contribution in [0.25, 0.3) is 21.7 Å². The highest BCUT2D eigenvalue weighted by molar-refractivity contribution is 5.98. The topological polar surface area (TPSA) is 98.4 Å². The average Bonchev–Trinajstić information content (AvgIpc) is 3.18. The second-order valence-electron chi connectivity index (χ2n) is 7.75. The molecule has 5 rings (SSSR count). The van der Waals surface area contributed by atoms with Crippen molar-refractivity contribution < 1.29 is 32.2 Å². The summed E-state index contributed by atoms with van der Waals surface area (Å²) in [6, 6.07) is 3.87. The number of likely N-dealkylation sites (N-methyl/N-ethyl adjacent to an activating group) is 1. The Morgan fingerprint density at radius 2 is 1.64 bits per heavy atom. The Labute approximate surface area is 182 Å². The number of aromatic nitrogens is 2. The summed E-state index contributed by atoms with van der Waals surface area (Å²) in [5.41, 5.74) is -0.453. The van der Waals surface area contributed by atoms with E-state index in [1.54, 1.807) is 0 Å². The van der Waals surface area contributed by atoms with Gasteiger partial charge in [-0.1, -0.05) is 0 Å². The third-order valence-electron chi connectivity index (χ3n) is 5.81. The Bertz CT molecular complexity index is 1470. The number of nitrogens with zero attached hydrogens (tertiary/aromatic N) is 1. The van der Waals surface area contributed by atoms with Crippen molar-refractivity contribution in [2.24, 2.45) is 0 Å². The molecule has 0 radical (unpaired) electrons. The molecule has 2 aromatic carbocycles. The zero-order valence-electron chi connectivity index (χ0n) is 16.9. The smallest absolute Gasteiger partial charge is 0.270 e. The predicted molar refractivity (Wildman–Crippen MR) is 108 cm³/mol. The first-order valence-electron chi connectivity index (χ1n) is 9.75. The molecule has 1 amide bonds. The lowest BCUT2D eigenvalue weighted by Gasteiger charge is -2.35. The molecule has 11 heteroatoms. The molecule has 7 nitrogen and oxygen atoms in total. The predicted octanol–water partition coefficient (Wildman–Crippen LogP) is 3.40. The Hall–Kier alpha value is -3.70. The summed E-state index contributed by atoms with van der Waals surface area (Å²) in [5.74, 6) is -5.18. The van der Waals surface area contributed by atoms with Crippen molar-refractivity contribution in [1.82, 2.24) is 14.9 Å². The van der Waals surface area contributed by atoms with Crippen LogP contribution in [-0.2, 0) is 4.74 Å². The lowest BCUT2D eigenvalue weighted by atomic mass is 9.94. The molecule has 3 N–H and O–H groups in total. The Morgan fingerprint density at radius 3 is 2.36 bits per heavy atom. The fraction of sp³-hybridized carbons (Fsp3) is 0.182. The van der Waals surface area contributed by atoms with Crippen LogP contribution in [0.5, 0.6) is 0 Å². The number of rotatable bonds is 2. The van der Waals surface area contributed by atoms with Gasteiger partial charge in [0.15, 0.2) is 29.6 Å². The molecule has 0 aliphatic carbocycles. The third kappa shape index (κ3) is 3.28. The van der Waals surface area contributed by atoms with Crippen LogP contribution in [0.4, 0.5) is 17.6 Å². The fourth-order valence-corrected chi connectivity index (χ4v) is 4.14. The van der Waals surface area contributed by atoms with E-state index in [0.717, 1.165) is 24.3 Å². The van der Waals surface area contributed by atoms with Gasteiger partial charge in [0.05, 0.1) is 23.7 Å². The van der Waals surface area contributed by atoms with E-state index in [9.17, 15) is 32.3 Å². The van der Waals surface area contributed by atoms with Crippen molar-refractivity contribution in [2.45, 2.75) is 12.3 Å². The highest BCUT2D eigenvalue weighted by Gasteiger charge is 2.35. The molecule has 4 aromatic rings. The molecule has 0 saturated carbocycles. The van der Waals surface area contributed by atoms with Crippen LogP contribution < -0.4 is 5.56 Å². The minimum atomic E-state index is -1.55. The number of fused-ring (bicyclic) bond motifs is 4. The number of carbonyl (C=O) groups excluding carboxylic acids is 1. The normalized spacial score (nSPS) is 18.0. The Kier molecular flexibility index (Phi) is 4.76. The van der Waals surface area contributed by atoms with E-state index in [1.807, 2.05) is 0 Å². The summed E-state index contributed by atoms with van der Waals surface area (Å²) >= 11 is 0. The minimum Gasteiger partial charge on any atom is -0.363 e. The first-order chi connectivity index (χ1) is 15.7. The lowest BCUT2D eigenvalue weighted by molar-refractivity contribution is -0.129. The first-order valence-corrected chi connectivity index (χ1v) is 9.75. The summed E-state index contributed by atoms with van der Waals surface area (Å²) in [5, 5.41) is 10.4. The first kappa shape index (κ1) is 21.2. The van der Waals surface area contributed by atoms with Crippen LogP contribution in [0.15, 0.2) is 35.1 Å². The van der Waals surface area contributed by atoms with Gasteiger partial charge >= 0.3 is 0 Å². The molecule has 33 heavy (non-hydrogen) atoms. The summed E-state index contributed by atoms with van der Waals surface area (Å²) in [6.07, 6.45) is -1.55. The van der Waals surface area contributed by atoms with E-state index in [-0.39, 0.29) is 45.2 Å². The van der Waals surface area contributed by atoms with Crippen molar-refractivity contribution in [3.63, 3.8) is 0 Å². The van der Waals surface area contributed by atoms with Crippen LogP contribution in [0, 0.1) is 23.3 Å². The van der Waals surface area contributed by atoms with E-state index >= 15 is 0 Å². The molecule has 0 fully saturated rings. The van der Waals surface area contributed by atoms with Crippen molar-refractivity contribution in [2.75, 3.05) is 13.7 Å². The van der Waals surface area contributed by atoms with Gasteiger partial charge in [-0.25, -0.2) is 17.6 Å². The maximum Gasteiger partial charge on any atom is 0.270 e. The minimum absolute atomic E-state index is 0.0103. The molecule has 170 valence electrons. The van der Waals surface area contributed by atoms with Crippen molar-refractivity contribution >= 4 is 27.6 Å². The van der Waals surface area contributed by atoms with Gasteiger partial charge in [-0.15, -0.1) is 0 Å². The molecule has 1 aliphatic heterocycles. The van der Waals surface area contributed by atoms with E-state index < -0.39 is 47.1 Å². The number of aliphatic hydroxyl groups excluding tert-OH is 1. The summed E-state index contributed by atoms with van der Waals surface area (Å²) in [7, 11) is 1.40. The number of benzene rings is 2. The second kappa shape index (κ2) is 7.42. The average molecular weight is 461 g/mol. The van der Waals surface area contributed by atoms with Gasteiger partial charge in [0.1, 0.15) is 5.69 Å². The van der Waals surface area contributed by atoms with Crippen LogP contribution >= 0.6 is 0 Å². The van der Waals surface area contributed by atoms with Gasteiger partial charge in [0.2, 0.25) is 0 Å². The van der Waals surface area contributed by atoms with Crippen LogP contribution in [0.2, 0.25) is 0 Å². The standard InChI is InChI=1S/C22H15F4N3O4/c1-29(21(31)16-3-8-2-11(23)14(26)6-15(8)27-16)17-7-33-22(32)19-18(17)9-4-12(24)13(25)5-10(9)20(30)28-19/h2-6,17,22,27,32H,7H2,1H3,(H,28,30)/t17-,22-/m1/s1. The number of amides is 1. The number of H-pyrrole nitrogens is 2. The van der Waals surface area contributed by atoms with Crippen molar-refractivity contribution in [3.05, 3.63) is 80.9 Å². The Morgan fingerprint density at radius 1 is 1.00 bits per heavy atom. The van der Waals surface area contributed by atoms with Gasteiger partial charge in [-0.05, 0) is 29.7 Å². The molecular weight excluding hydrogens is 446 g/mol. The van der Waals surface area contributed by atoms with Gasteiger partial charge < -0.3 is 24.7 Å². The van der Waals surface area contributed by atoms with E-state index in [4.69, 9.17) is 4.74 Å². The summed E-state index contributed by atoms with van der Waals surface area (Å²) in [6.45, 7) is -0.222. The van der Waals surface area contributed by atoms with Crippen molar-refractivity contribution in [3.8, 4) is 0 Å². The number of carbonyl (C=O) groups is 1. The van der Waals surface area contributed by atoms with Crippen LogP contribution in [0.1, 0.15) is 34.1 Å². The SMILES string of the molecule is CN(C(=O)c1cc2cc(F)c(F)cc2[nH]1)[C@@H]1CO[C@@H](O)c2[nH]c(=O)c3cc(F)c(F)cc3c21. The Balaban J connectivity index is 1.63. The largest absolute Gasteiger partial charge is 0.363 e. The molecule has 1 aliphatic rings. The zero-order chi connectivity index (χ0) is 23.6. The summed E-state index contributed by atoms with van der Waals surface area (Å²) in [4.78, 5) is 31.9. The molecule has 0 bridgehead atoms. The fourth-order valence-electron chi connectivity index (χ4n) is 4.14. The zero-order valence-corrected chi connectivity index (χ0v) is 16.9. The number of hydrogen-bond acceptors (Lipinski definition) is 4. The molecular formula is C22H15F4N3O4. The molecule has 0 saturated heterocycles. The number of hydrogen-bond donors (Lipinski definition) is 3. The molecule has 2 aromatic heterocycles. The summed E-state index contributed by atoms with van der Waals surface area (Å²) < 4.78 is 60.2. The monoisotopic (exact) mass is 461 g/mol. The van der Waals surface area contributed by atoms with Gasteiger partial charge in [0, 0.05) is 29.6 Å². The van der Waals surface area contributed by atoms with Gasteiger partial charge in [-0.2, -0.15) is 0 Å². The van der Waals surface area contributed by atoms with E-state index in [1.165, 1.54) is 18.0 Å². The number of aromatic amines is 2. The maximum atomic E-state index is 14.1. The number of halogens is 4. The number of aliphatic hydroxyl groups is 1. The number of nitrogens with one attached hydrogen (secondary N) is 2.